The molecule has 1 saturated heterocycles. The summed E-state index contributed by atoms with van der Waals surface area (Å²) >= 11 is 2.00. The largest absolute Gasteiger partial charge is 0.462 e. The topological polar surface area (TPSA) is 74.8 Å². The summed E-state index contributed by atoms with van der Waals surface area (Å²) in [6.45, 7) is 5.31. The highest BCUT2D eigenvalue weighted by atomic mass is 127. The van der Waals surface area contributed by atoms with E-state index in [4.69, 9.17) is 4.74 Å². The third-order valence-electron chi connectivity index (χ3n) is 5.48. The first-order valence-electron chi connectivity index (χ1n) is 10.9. The number of halogens is 2. The molecule has 1 fully saturated rings. The number of benzene rings is 2. The fourth-order valence-electron chi connectivity index (χ4n) is 3.75. The molecule has 1 N–H and O–H groups in total. The zero-order valence-electron chi connectivity index (χ0n) is 18.6. The van der Waals surface area contributed by atoms with Gasteiger partial charge in [-0.25, -0.2) is 14.2 Å². The van der Waals surface area contributed by atoms with Gasteiger partial charge in [-0.2, -0.15) is 0 Å². The van der Waals surface area contributed by atoms with Gasteiger partial charge in [0.2, 0.25) is 0 Å². The normalized spacial score (nSPS) is 13.5. The monoisotopic (exact) mass is 574 g/mol. The number of carbonyl (C=O) groups is 2. The Kier molecular flexibility index (Phi) is 7.61. The minimum Gasteiger partial charge on any atom is -0.462 e. The van der Waals surface area contributed by atoms with Crippen molar-refractivity contribution in [3.05, 3.63) is 81.3 Å². The molecule has 0 radical (unpaired) electrons. The molecule has 4 rings (SSSR count). The first-order valence-corrected chi connectivity index (χ1v) is 12.0. The van der Waals surface area contributed by atoms with Gasteiger partial charge in [-0.05, 0) is 84.1 Å². The smallest absolute Gasteiger partial charge is 0.338 e. The number of pyridine rings is 1. The average molecular weight is 574 g/mol. The van der Waals surface area contributed by atoms with Crippen LogP contribution >= 0.6 is 22.6 Å². The number of hydrogen-bond acceptors (Lipinski definition) is 6. The van der Waals surface area contributed by atoms with Crippen molar-refractivity contribution in [1.82, 2.24) is 4.98 Å². The van der Waals surface area contributed by atoms with E-state index in [0.29, 0.717) is 27.0 Å². The van der Waals surface area contributed by atoms with Gasteiger partial charge in [0.1, 0.15) is 11.6 Å². The van der Waals surface area contributed by atoms with Crippen molar-refractivity contribution in [2.75, 3.05) is 47.9 Å². The molecule has 0 unspecified atom stereocenters. The number of hydrogen-bond donors (Lipinski definition) is 1. The molecule has 2 heterocycles. The summed E-state index contributed by atoms with van der Waals surface area (Å²) in [5.74, 6) is -0.247. The first-order chi connectivity index (χ1) is 16.4. The van der Waals surface area contributed by atoms with E-state index in [0.717, 1.165) is 37.7 Å². The summed E-state index contributed by atoms with van der Waals surface area (Å²) < 4.78 is 19.3. The molecule has 1 aromatic heterocycles. The molecule has 0 atom stereocenters. The van der Waals surface area contributed by atoms with Gasteiger partial charge in [-0.3, -0.25) is 4.79 Å². The van der Waals surface area contributed by atoms with Crippen molar-refractivity contribution in [2.24, 2.45) is 0 Å². The molecule has 1 aliphatic heterocycles. The van der Waals surface area contributed by atoms with E-state index in [1.807, 2.05) is 40.8 Å². The van der Waals surface area contributed by atoms with Crippen molar-refractivity contribution in [2.45, 2.75) is 6.92 Å². The van der Waals surface area contributed by atoms with Crippen molar-refractivity contribution in [3.8, 4) is 0 Å². The summed E-state index contributed by atoms with van der Waals surface area (Å²) in [5.41, 5.74) is 2.41. The molecule has 2 aromatic carbocycles. The maximum atomic E-state index is 13.6. The van der Waals surface area contributed by atoms with Gasteiger partial charge in [0.05, 0.1) is 17.7 Å². The number of anilines is 3. The number of carbonyl (C=O) groups excluding carboxylic acids is 2. The fourth-order valence-corrected chi connectivity index (χ4v) is 4.39. The Balaban J connectivity index is 1.33. The number of aromatic nitrogens is 1. The van der Waals surface area contributed by atoms with E-state index >= 15 is 0 Å². The van der Waals surface area contributed by atoms with Crippen LogP contribution in [0.5, 0.6) is 0 Å². The minimum atomic E-state index is -0.398. The predicted octanol–water partition coefficient (Wildman–Crippen LogP) is 4.58. The SMILES string of the molecule is CCOC(=O)c1ccc(N2CCN(c3ccc(C(=O)Nc4cc(F)cc(I)c4)cn3)CC2)cc1. The van der Waals surface area contributed by atoms with Crippen molar-refractivity contribution < 1.29 is 18.7 Å². The molecule has 9 heteroatoms. The summed E-state index contributed by atoms with van der Waals surface area (Å²) in [7, 11) is 0. The highest BCUT2D eigenvalue weighted by Gasteiger charge is 2.19. The lowest BCUT2D eigenvalue weighted by atomic mass is 10.1. The number of esters is 1. The molecule has 1 aliphatic rings. The Hall–Kier alpha value is -3.21. The second-order valence-corrected chi connectivity index (χ2v) is 9.00. The molecule has 176 valence electrons. The number of amides is 1. The van der Waals surface area contributed by atoms with Gasteiger partial charge in [0.25, 0.3) is 5.91 Å². The van der Waals surface area contributed by atoms with Crippen LogP contribution in [0.15, 0.2) is 60.8 Å². The third kappa shape index (κ3) is 5.82. The number of piperazine rings is 1. The van der Waals surface area contributed by atoms with E-state index in [1.165, 1.54) is 18.3 Å². The Morgan fingerprint density at radius 1 is 1.00 bits per heavy atom. The molecular weight excluding hydrogens is 550 g/mol. The lowest BCUT2D eigenvalue weighted by Crippen LogP contribution is -2.46. The molecule has 0 spiro atoms. The third-order valence-corrected chi connectivity index (χ3v) is 6.10. The number of ether oxygens (including phenoxy) is 1. The van der Waals surface area contributed by atoms with Gasteiger partial charge in [0.15, 0.2) is 0 Å². The molecular formula is C25H24FIN4O3. The van der Waals surface area contributed by atoms with Crippen molar-refractivity contribution in [1.29, 1.82) is 0 Å². The van der Waals surface area contributed by atoms with Crippen LogP contribution in [0.2, 0.25) is 0 Å². The van der Waals surface area contributed by atoms with Crippen LogP contribution in [0.25, 0.3) is 0 Å². The van der Waals surface area contributed by atoms with Crippen LogP contribution < -0.4 is 15.1 Å². The van der Waals surface area contributed by atoms with Gasteiger partial charge in [0, 0.05) is 47.3 Å². The highest BCUT2D eigenvalue weighted by molar-refractivity contribution is 14.1. The molecule has 3 aromatic rings. The Morgan fingerprint density at radius 2 is 1.68 bits per heavy atom. The minimum absolute atomic E-state index is 0.312. The fraction of sp³-hybridized carbons (Fsp3) is 0.240. The molecule has 1 amide bonds. The van der Waals surface area contributed by atoms with Gasteiger partial charge in [-0.1, -0.05) is 0 Å². The van der Waals surface area contributed by atoms with E-state index in [-0.39, 0.29) is 11.9 Å². The molecule has 7 nitrogen and oxygen atoms in total. The van der Waals surface area contributed by atoms with Crippen LogP contribution in [0.1, 0.15) is 27.6 Å². The van der Waals surface area contributed by atoms with E-state index < -0.39 is 5.82 Å². The zero-order chi connectivity index (χ0) is 24.1. The van der Waals surface area contributed by atoms with Gasteiger partial charge < -0.3 is 19.9 Å². The lowest BCUT2D eigenvalue weighted by molar-refractivity contribution is 0.0526. The maximum absolute atomic E-state index is 13.6. The molecule has 0 bridgehead atoms. The van der Waals surface area contributed by atoms with E-state index in [1.54, 1.807) is 31.2 Å². The predicted molar refractivity (Wildman–Crippen MR) is 138 cm³/mol. The second kappa shape index (κ2) is 10.8. The first kappa shape index (κ1) is 23.9. The van der Waals surface area contributed by atoms with Crippen LogP contribution in [0, 0.1) is 9.39 Å². The lowest BCUT2D eigenvalue weighted by Gasteiger charge is -2.36. The number of nitrogens with one attached hydrogen (secondary N) is 1. The second-order valence-electron chi connectivity index (χ2n) is 7.76. The Morgan fingerprint density at radius 3 is 2.29 bits per heavy atom. The molecule has 0 aliphatic carbocycles. The molecule has 0 saturated carbocycles. The van der Waals surface area contributed by atoms with Crippen LogP contribution in [0.4, 0.5) is 21.6 Å². The standard InChI is InChI=1S/C25H24FIN4O3/c1-2-34-25(33)17-3-6-22(7-4-17)30-9-11-31(12-10-30)23-8-5-18(16-28-23)24(32)29-21-14-19(26)13-20(27)15-21/h3-8,13-16H,2,9-12H2,1H3,(H,29,32). The van der Waals surface area contributed by atoms with Crippen LogP contribution in [0.3, 0.4) is 0 Å². The number of nitrogens with zero attached hydrogens (tertiary/aromatic N) is 3. The van der Waals surface area contributed by atoms with Crippen molar-refractivity contribution >= 4 is 51.7 Å². The zero-order valence-corrected chi connectivity index (χ0v) is 20.8. The summed E-state index contributed by atoms with van der Waals surface area (Å²) in [4.78, 5) is 33.2. The van der Waals surface area contributed by atoms with E-state index in [9.17, 15) is 14.0 Å². The van der Waals surface area contributed by atoms with Gasteiger partial charge in [-0.15, -0.1) is 0 Å². The Labute approximate surface area is 211 Å². The van der Waals surface area contributed by atoms with Crippen LogP contribution in [-0.4, -0.2) is 49.6 Å². The Bertz CT molecular complexity index is 1140. The van der Waals surface area contributed by atoms with Gasteiger partial charge >= 0.3 is 5.97 Å². The quantitative estimate of drug-likeness (QED) is 0.344. The molecule has 34 heavy (non-hydrogen) atoms. The maximum Gasteiger partial charge on any atom is 0.338 e. The summed E-state index contributed by atoms with van der Waals surface area (Å²) in [6.07, 6.45) is 1.54. The highest BCUT2D eigenvalue weighted by Crippen LogP contribution is 2.21. The average Bonchev–Trinajstić information content (AvgIpc) is 2.84. The summed E-state index contributed by atoms with van der Waals surface area (Å²) in [6, 6.07) is 15.4. The number of rotatable bonds is 6. The van der Waals surface area contributed by atoms with E-state index in [2.05, 4.69) is 20.1 Å². The van der Waals surface area contributed by atoms with Crippen LogP contribution in [-0.2, 0) is 4.74 Å². The van der Waals surface area contributed by atoms with Crippen molar-refractivity contribution in [3.63, 3.8) is 0 Å². The summed E-state index contributed by atoms with van der Waals surface area (Å²) in [5, 5.41) is 2.71.